The van der Waals surface area contributed by atoms with Gasteiger partial charge in [0.25, 0.3) is 5.56 Å². The van der Waals surface area contributed by atoms with Crippen LogP contribution in [0.5, 0.6) is 0 Å². The predicted octanol–water partition coefficient (Wildman–Crippen LogP) is 1.38. The molecular weight excluding hydrogens is 178 g/mol. The van der Waals surface area contributed by atoms with E-state index in [1.165, 1.54) is 0 Å². The number of nitrogens with one attached hydrogen (secondary N) is 1. The van der Waals surface area contributed by atoms with Gasteiger partial charge in [-0.25, -0.2) is 4.98 Å². The minimum atomic E-state index is -0.120. The van der Waals surface area contributed by atoms with Crippen molar-refractivity contribution >= 4 is 11.0 Å². The smallest absolute Gasteiger partial charge is 0.276 e. The Kier molecular flexibility index (Phi) is 2.11. The molecule has 2 heterocycles. The molecule has 4 heteroatoms. The van der Waals surface area contributed by atoms with Crippen LogP contribution >= 0.6 is 0 Å². The maximum absolute atomic E-state index is 11.3. The highest BCUT2D eigenvalue weighted by Gasteiger charge is 2.05. The van der Waals surface area contributed by atoms with Gasteiger partial charge in [-0.2, -0.15) is 0 Å². The zero-order valence-electron chi connectivity index (χ0n) is 8.32. The highest BCUT2D eigenvalue weighted by atomic mass is 16.1. The van der Waals surface area contributed by atoms with Gasteiger partial charge < -0.3 is 9.55 Å². The molecule has 0 unspecified atom stereocenters. The molecular formula is C10H13N3O. The molecule has 0 amide bonds. The minimum Gasteiger partial charge on any atom is -0.330 e. The first kappa shape index (κ1) is 8.99. The number of imidazole rings is 1. The number of hydrogen-bond acceptors (Lipinski definition) is 2. The van der Waals surface area contributed by atoms with Crippen molar-refractivity contribution in [1.82, 2.24) is 14.5 Å². The van der Waals surface area contributed by atoms with Gasteiger partial charge in [-0.3, -0.25) is 4.79 Å². The van der Waals surface area contributed by atoms with Gasteiger partial charge in [0.15, 0.2) is 5.52 Å². The zero-order valence-corrected chi connectivity index (χ0v) is 8.32. The Morgan fingerprint density at radius 3 is 3.07 bits per heavy atom. The van der Waals surface area contributed by atoms with Crippen LogP contribution in [-0.4, -0.2) is 14.5 Å². The summed E-state index contributed by atoms with van der Waals surface area (Å²) in [5, 5.41) is 0. The molecule has 4 nitrogen and oxygen atoms in total. The second-order valence-corrected chi connectivity index (χ2v) is 3.83. The first-order valence-corrected chi connectivity index (χ1v) is 4.71. The molecule has 14 heavy (non-hydrogen) atoms. The highest BCUT2D eigenvalue weighted by molar-refractivity contribution is 5.73. The van der Waals surface area contributed by atoms with Crippen molar-refractivity contribution in [3.63, 3.8) is 0 Å². The van der Waals surface area contributed by atoms with E-state index in [0.29, 0.717) is 11.4 Å². The second-order valence-electron chi connectivity index (χ2n) is 3.83. The molecule has 2 aromatic rings. The summed E-state index contributed by atoms with van der Waals surface area (Å²) < 4.78 is 2.01. The summed E-state index contributed by atoms with van der Waals surface area (Å²) in [5.41, 5.74) is 1.31. The first-order valence-electron chi connectivity index (χ1n) is 4.71. The van der Waals surface area contributed by atoms with E-state index in [1.807, 2.05) is 10.6 Å². The second kappa shape index (κ2) is 3.29. The molecule has 0 aliphatic rings. The SMILES string of the molecule is CC(C)Cn1cnc2c(=O)[nH]ccc21. The van der Waals surface area contributed by atoms with E-state index in [1.54, 1.807) is 12.5 Å². The van der Waals surface area contributed by atoms with Crippen LogP contribution in [0.3, 0.4) is 0 Å². The molecule has 0 aliphatic carbocycles. The number of fused-ring (bicyclic) bond motifs is 1. The molecule has 2 aromatic heterocycles. The van der Waals surface area contributed by atoms with Crippen LogP contribution < -0.4 is 5.56 Å². The fourth-order valence-corrected chi connectivity index (χ4v) is 1.54. The fraction of sp³-hybridized carbons (Fsp3) is 0.400. The molecule has 0 aromatic carbocycles. The van der Waals surface area contributed by atoms with E-state index in [2.05, 4.69) is 23.8 Å². The molecule has 0 saturated carbocycles. The molecule has 0 spiro atoms. The number of pyridine rings is 1. The monoisotopic (exact) mass is 191 g/mol. The van der Waals surface area contributed by atoms with Crippen molar-refractivity contribution in [3.8, 4) is 0 Å². The van der Waals surface area contributed by atoms with E-state index in [0.717, 1.165) is 12.1 Å². The summed E-state index contributed by atoms with van der Waals surface area (Å²) in [6, 6.07) is 1.88. The van der Waals surface area contributed by atoms with Crippen LogP contribution in [-0.2, 0) is 6.54 Å². The summed E-state index contributed by atoms with van der Waals surface area (Å²) in [6.07, 6.45) is 3.38. The number of aromatic nitrogens is 3. The lowest BCUT2D eigenvalue weighted by Crippen LogP contribution is -2.06. The van der Waals surface area contributed by atoms with E-state index < -0.39 is 0 Å². The van der Waals surface area contributed by atoms with Crippen molar-refractivity contribution in [2.24, 2.45) is 5.92 Å². The third-order valence-electron chi connectivity index (χ3n) is 2.11. The van der Waals surface area contributed by atoms with Crippen LogP contribution in [0.2, 0.25) is 0 Å². The third kappa shape index (κ3) is 1.43. The fourth-order valence-electron chi connectivity index (χ4n) is 1.54. The van der Waals surface area contributed by atoms with Crippen molar-refractivity contribution in [2.45, 2.75) is 20.4 Å². The lowest BCUT2D eigenvalue weighted by Gasteiger charge is -2.06. The van der Waals surface area contributed by atoms with Gasteiger partial charge in [-0.1, -0.05) is 13.8 Å². The first-order chi connectivity index (χ1) is 6.68. The summed E-state index contributed by atoms with van der Waals surface area (Å²) >= 11 is 0. The largest absolute Gasteiger partial charge is 0.330 e. The average Bonchev–Trinajstić information content (AvgIpc) is 2.49. The number of rotatable bonds is 2. The molecule has 0 saturated heterocycles. The minimum absolute atomic E-state index is 0.120. The maximum atomic E-state index is 11.3. The van der Waals surface area contributed by atoms with Crippen LogP contribution in [0.25, 0.3) is 11.0 Å². The van der Waals surface area contributed by atoms with Crippen LogP contribution in [0, 0.1) is 5.92 Å². The van der Waals surface area contributed by atoms with E-state index in [9.17, 15) is 4.79 Å². The van der Waals surface area contributed by atoms with Crippen molar-refractivity contribution in [1.29, 1.82) is 0 Å². The molecule has 0 aliphatic heterocycles. The topological polar surface area (TPSA) is 50.7 Å². The van der Waals surface area contributed by atoms with Gasteiger partial charge in [0.1, 0.15) is 0 Å². The number of H-pyrrole nitrogens is 1. The van der Waals surface area contributed by atoms with Gasteiger partial charge in [-0.15, -0.1) is 0 Å². The molecule has 2 rings (SSSR count). The normalized spacial score (nSPS) is 11.4. The summed E-state index contributed by atoms with van der Waals surface area (Å²) in [5.74, 6) is 0.548. The lowest BCUT2D eigenvalue weighted by atomic mass is 10.2. The Hall–Kier alpha value is -1.58. The number of nitrogens with zero attached hydrogens (tertiary/aromatic N) is 2. The van der Waals surface area contributed by atoms with Crippen LogP contribution in [0.4, 0.5) is 0 Å². The summed E-state index contributed by atoms with van der Waals surface area (Å²) in [4.78, 5) is 18.0. The Labute approximate surface area is 81.6 Å². The Morgan fingerprint density at radius 1 is 1.57 bits per heavy atom. The van der Waals surface area contributed by atoms with Gasteiger partial charge >= 0.3 is 0 Å². The van der Waals surface area contributed by atoms with Crippen molar-refractivity contribution in [2.75, 3.05) is 0 Å². The van der Waals surface area contributed by atoms with Crippen LogP contribution in [0.15, 0.2) is 23.4 Å². The average molecular weight is 191 g/mol. The molecule has 74 valence electrons. The molecule has 0 atom stereocenters. The van der Waals surface area contributed by atoms with Gasteiger partial charge in [0.2, 0.25) is 0 Å². The quantitative estimate of drug-likeness (QED) is 0.779. The molecule has 1 N–H and O–H groups in total. The predicted molar refractivity (Wildman–Crippen MR) is 55.2 cm³/mol. The van der Waals surface area contributed by atoms with Gasteiger partial charge in [0.05, 0.1) is 11.8 Å². The third-order valence-corrected chi connectivity index (χ3v) is 2.11. The van der Waals surface area contributed by atoms with Crippen LogP contribution in [0.1, 0.15) is 13.8 Å². The Bertz CT molecular complexity index is 495. The molecule has 0 bridgehead atoms. The van der Waals surface area contributed by atoms with E-state index >= 15 is 0 Å². The molecule has 0 radical (unpaired) electrons. The van der Waals surface area contributed by atoms with Crippen molar-refractivity contribution in [3.05, 3.63) is 28.9 Å². The Morgan fingerprint density at radius 2 is 2.36 bits per heavy atom. The summed E-state index contributed by atoms with van der Waals surface area (Å²) in [6.45, 7) is 5.16. The number of hydrogen-bond donors (Lipinski definition) is 1. The van der Waals surface area contributed by atoms with Gasteiger partial charge in [-0.05, 0) is 12.0 Å². The summed E-state index contributed by atoms with van der Waals surface area (Å²) in [7, 11) is 0. The highest BCUT2D eigenvalue weighted by Crippen LogP contribution is 2.09. The zero-order chi connectivity index (χ0) is 10.1. The number of aromatic amines is 1. The molecule has 0 fully saturated rings. The maximum Gasteiger partial charge on any atom is 0.276 e. The standard InChI is InChI=1S/C10H13N3O/c1-7(2)5-13-6-12-9-8(13)3-4-11-10(9)14/h3-4,6-7H,5H2,1-2H3,(H,11,14). The lowest BCUT2D eigenvalue weighted by molar-refractivity contribution is 0.533. The van der Waals surface area contributed by atoms with E-state index in [4.69, 9.17) is 0 Å². The Balaban J connectivity index is 2.58. The van der Waals surface area contributed by atoms with E-state index in [-0.39, 0.29) is 5.56 Å². The van der Waals surface area contributed by atoms with Gasteiger partial charge in [0, 0.05) is 12.7 Å². The van der Waals surface area contributed by atoms with Crippen molar-refractivity contribution < 1.29 is 0 Å².